The highest BCUT2D eigenvalue weighted by atomic mass is 16.3. The molecule has 1 aliphatic heterocycles. The zero-order valence-electron chi connectivity index (χ0n) is 8.45. The summed E-state index contributed by atoms with van der Waals surface area (Å²) in [6, 6.07) is 0.663. The summed E-state index contributed by atoms with van der Waals surface area (Å²) >= 11 is 0. The van der Waals surface area contributed by atoms with Gasteiger partial charge in [0.05, 0.1) is 6.10 Å². The molecule has 12 heavy (non-hydrogen) atoms. The van der Waals surface area contributed by atoms with E-state index in [9.17, 15) is 5.11 Å². The molecule has 1 aliphatic rings. The molecule has 0 bridgehead atoms. The van der Waals surface area contributed by atoms with E-state index >= 15 is 0 Å². The molecular weight excluding hydrogens is 150 g/mol. The maximum Gasteiger partial charge on any atom is 0.0639 e. The van der Waals surface area contributed by atoms with Crippen molar-refractivity contribution in [1.29, 1.82) is 0 Å². The van der Waals surface area contributed by atoms with Crippen LogP contribution in [0.5, 0.6) is 0 Å². The van der Waals surface area contributed by atoms with E-state index in [0.717, 1.165) is 19.0 Å². The van der Waals surface area contributed by atoms with E-state index < -0.39 is 0 Å². The Balaban J connectivity index is 2.38. The third kappa shape index (κ3) is 2.76. The first-order valence-electron chi connectivity index (χ1n) is 5.01. The minimum atomic E-state index is -0.183. The summed E-state index contributed by atoms with van der Waals surface area (Å²) in [5.74, 6) is 0.806. The van der Waals surface area contributed by atoms with Crippen molar-refractivity contribution in [1.82, 2.24) is 4.90 Å². The van der Waals surface area contributed by atoms with Crippen LogP contribution < -0.4 is 0 Å². The van der Waals surface area contributed by atoms with Crippen LogP contribution in [-0.4, -0.2) is 35.2 Å². The predicted octanol–water partition coefficient (Wildman–Crippen LogP) is 1.49. The number of aliphatic hydroxyl groups excluding tert-OH is 1. The van der Waals surface area contributed by atoms with Gasteiger partial charge >= 0.3 is 0 Å². The van der Waals surface area contributed by atoms with Gasteiger partial charge in [0.25, 0.3) is 0 Å². The first-order valence-corrected chi connectivity index (χ1v) is 5.01. The molecule has 3 atom stereocenters. The van der Waals surface area contributed by atoms with Gasteiger partial charge in [-0.2, -0.15) is 0 Å². The van der Waals surface area contributed by atoms with Gasteiger partial charge in [-0.05, 0) is 32.6 Å². The first kappa shape index (κ1) is 10.0. The van der Waals surface area contributed by atoms with E-state index in [1.165, 1.54) is 12.8 Å². The molecule has 0 aromatic rings. The molecule has 2 nitrogen and oxygen atoms in total. The Morgan fingerprint density at radius 3 is 2.67 bits per heavy atom. The zero-order valence-corrected chi connectivity index (χ0v) is 8.45. The molecule has 0 saturated carbocycles. The molecule has 1 fully saturated rings. The van der Waals surface area contributed by atoms with Gasteiger partial charge in [0.15, 0.2) is 0 Å². The second kappa shape index (κ2) is 4.24. The normalized spacial score (nSPS) is 35.0. The molecule has 0 spiro atoms. The Bertz CT molecular complexity index is 134. The molecule has 72 valence electrons. The second-order valence-electron chi connectivity index (χ2n) is 4.33. The molecule has 2 unspecified atom stereocenters. The molecule has 0 amide bonds. The fourth-order valence-electron chi connectivity index (χ4n) is 1.97. The van der Waals surface area contributed by atoms with Gasteiger partial charge in [-0.15, -0.1) is 0 Å². The summed E-state index contributed by atoms with van der Waals surface area (Å²) in [7, 11) is 0. The molecule has 0 aromatic carbocycles. The number of rotatable bonds is 2. The van der Waals surface area contributed by atoms with Gasteiger partial charge in [0.1, 0.15) is 0 Å². The molecule has 1 saturated heterocycles. The van der Waals surface area contributed by atoms with Gasteiger partial charge in [-0.3, -0.25) is 4.90 Å². The minimum Gasteiger partial charge on any atom is -0.392 e. The van der Waals surface area contributed by atoms with Crippen molar-refractivity contribution in [3.8, 4) is 0 Å². The summed E-state index contributed by atoms with van der Waals surface area (Å²) in [4.78, 5) is 2.40. The average Bonchev–Trinajstić information content (AvgIpc) is 1.96. The highest BCUT2D eigenvalue weighted by Crippen LogP contribution is 2.21. The molecular formula is C10H21NO. The highest BCUT2D eigenvalue weighted by molar-refractivity contribution is 4.77. The van der Waals surface area contributed by atoms with Gasteiger partial charge in [-0.1, -0.05) is 6.92 Å². The topological polar surface area (TPSA) is 23.5 Å². The second-order valence-corrected chi connectivity index (χ2v) is 4.33. The van der Waals surface area contributed by atoms with Gasteiger partial charge < -0.3 is 5.11 Å². The van der Waals surface area contributed by atoms with Crippen LogP contribution in [-0.2, 0) is 0 Å². The maximum absolute atomic E-state index is 9.27. The number of piperidine rings is 1. The molecule has 2 heteroatoms. The molecule has 0 aromatic heterocycles. The lowest BCUT2D eigenvalue weighted by Gasteiger charge is -2.37. The molecule has 0 radical (unpaired) electrons. The summed E-state index contributed by atoms with van der Waals surface area (Å²) in [6.45, 7) is 8.42. The van der Waals surface area contributed by atoms with Crippen LogP contribution in [0.15, 0.2) is 0 Å². The van der Waals surface area contributed by atoms with E-state index in [4.69, 9.17) is 0 Å². The number of nitrogens with zero attached hydrogens (tertiary/aromatic N) is 1. The molecule has 0 aliphatic carbocycles. The highest BCUT2D eigenvalue weighted by Gasteiger charge is 2.23. The van der Waals surface area contributed by atoms with Crippen LogP contribution in [0.2, 0.25) is 0 Å². The zero-order chi connectivity index (χ0) is 9.14. The number of likely N-dealkylation sites (tertiary alicyclic amines) is 1. The van der Waals surface area contributed by atoms with Crippen molar-refractivity contribution < 1.29 is 5.11 Å². The Hall–Kier alpha value is -0.0800. The number of hydrogen-bond acceptors (Lipinski definition) is 2. The van der Waals surface area contributed by atoms with Crippen LogP contribution in [0.1, 0.15) is 33.6 Å². The summed E-state index contributed by atoms with van der Waals surface area (Å²) < 4.78 is 0. The summed E-state index contributed by atoms with van der Waals surface area (Å²) in [5.41, 5.74) is 0. The van der Waals surface area contributed by atoms with Crippen molar-refractivity contribution in [3.63, 3.8) is 0 Å². The smallest absolute Gasteiger partial charge is 0.0639 e. The monoisotopic (exact) mass is 171 g/mol. The third-order valence-electron chi connectivity index (χ3n) is 2.75. The lowest BCUT2D eigenvalue weighted by atomic mass is 9.95. The molecule has 1 rings (SSSR count). The van der Waals surface area contributed by atoms with Crippen LogP contribution in [0.4, 0.5) is 0 Å². The Morgan fingerprint density at radius 1 is 1.42 bits per heavy atom. The molecule has 1 N–H and O–H groups in total. The van der Waals surface area contributed by atoms with Crippen molar-refractivity contribution in [2.75, 3.05) is 13.1 Å². The van der Waals surface area contributed by atoms with Crippen LogP contribution in [0, 0.1) is 5.92 Å². The van der Waals surface area contributed by atoms with Crippen molar-refractivity contribution >= 4 is 0 Å². The predicted molar refractivity (Wildman–Crippen MR) is 51.1 cm³/mol. The summed E-state index contributed by atoms with van der Waals surface area (Å²) in [6.07, 6.45) is 2.45. The van der Waals surface area contributed by atoms with E-state index in [0.29, 0.717) is 6.04 Å². The van der Waals surface area contributed by atoms with E-state index in [1.807, 2.05) is 6.92 Å². The largest absolute Gasteiger partial charge is 0.392 e. The van der Waals surface area contributed by atoms with Gasteiger partial charge in [0, 0.05) is 19.1 Å². The standard InChI is InChI=1S/C10H21NO/c1-8-4-5-9(2)11(6-8)7-10(3)12/h8-10,12H,4-7H2,1-3H3/t8?,9?,10-/m1/s1. The fraction of sp³-hybridized carbons (Fsp3) is 1.00. The Labute approximate surface area is 75.6 Å². The van der Waals surface area contributed by atoms with Gasteiger partial charge in [-0.25, -0.2) is 0 Å². The third-order valence-corrected chi connectivity index (χ3v) is 2.75. The van der Waals surface area contributed by atoms with Crippen LogP contribution in [0.3, 0.4) is 0 Å². The quantitative estimate of drug-likeness (QED) is 0.680. The number of aliphatic hydroxyl groups is 1. The number of β-amino-alcohol motifs (C(OH)–C–C–N with tert-alkyl or cyclic N) is 1. The first-order chi connectivity index (χ1) is 5.59. The van der Waals surface area contributed by atoms with E-state index in [1.54, 1.807) is 0 Å². The van der Waals surface area contributed by atoms with Crippen LogP contribution >= 0.6 is 0 Å². The number of hydrogen-bond donors (Lipinski definition) is 1. The van der Waals surface area contributed by atoms with E-state index in [-0.39, 0.29) is 6.10 Å². The van der Waals surface area contributed by atoms with Gasteiger partial charge in [0.2, 0.25) is 0 Å². The fourth-order valence-corrected chi connectivity index (χ4v) is 1.97. The minimum absolute atomic E-state index is 0.183. The SMILES string of the molecule is CC1CCC(C)N(C[C@@H](C)O)C1. The van der Waals surface area contributed by atoms with Crippen molar-refractivity contribution in [2.45, 2.75) is 45.8 Å². The van der Waals surface area contributed by atoms with Crippen molar-refractivity contribution in [2.24, 2.45) is 5.92 Å². The lowest BCUT2D eigenvalue weighted by Crippen LogP contribution is -2.44. The molecule has 1 heterocycles. The Kier molecular flexibility index (Phi) is 3.53. The van der Waals surface area contributed by atoms with Crippen molar-refractivity contribution in [3.05, 3.63) is 0 Å². The Morgan fingerprint density at radius 2 is 2.08 bits per heavy atom. The lowest BCUT2D eigenvalue weighted by molar-refractivity contribution is 0.0653. The average molecular weight is 171 g/mol. The van der Waals surface area contributed by atoms with E-state index in [2.05, 4.69) is 18.7 Å². The maximum atomic E-state index is 9.27. The summed E-state index contributed by atoms with van der Waals surface area (Å²) in [5, 5.41) is 9.27. The van der Waals surface area contributed by atoms with Crippen LogP contribution in [0.25, 0.3) is 0 Å².